The molecule has 0 spiro atoms. The number of rotatable bonds is 3. The Balaban J connectivity index is 1.39. The van der Waals surface area contributed by atoms with Crippen LogP contribution in [0, 0.1) is 0 Å². The highest BCUT2D eigenvalue weighted by Gasteiger charge is 2.33. The van der Waals surface area contributed by atoms with Crippen LogP contribution in [0.4, 0.5) is 4.79 Å². The third-order valence-corrected chi connectivity index (χ3v) is 5.49. The Hall–Kier alpha value is -2.08. The van der Waals surface area contributed by atoms with Gasteiger partial charge in [-0.3, -0.25) is 4.90 Å². The van der Waals surface area contributed by atoms with Gasteiger partial charge in [0.15, 0.2) is 0 Å². The molecule has 2 aliphatic heterocycles. The number of para-hydroxylation sites is 2. The minimum Gasteiger partial charge on any atom is -0.330 e. The number of hydrogen-bond acceptors (Lipinski definition) is 3. The molecule has 24 heavy (non-hydrogen) atoms. The predicted molar refractivity (Wildman–Crippen MR) is 93.7 cm³/mol. The fourth-order valence-corrected chi connectivity index (χ4v) is 3.93. The summed E-state index contributed by atoms with van der Waals surface area (Å²) in [5.41, 5.74) is 2.25. The van der Waals surface area contributed by atoms with Gasteiger partial charge in [0.1, 0.15) is 5.82 Å². The van der Waals surface area contributed by atoms with E-state index in [1.807, 2.05) is 18.0 Å². The number of likely N-dealkylation sites (N-methyl/N-ethyl adjacent to an activating group) is 1. The first-order valence-electron chi connectivity index (χ1n) is 8.78. The lowest BCUT2D eigenvalue weighted by atomic mass is 10.0. The lowest BCUT2D eigenvalue weighted by Crippen LogP contribution is -2.46. The molecule has 0 radical (unpaired) electrons. The van der Waals surface area contributed by atoms with Crippen molar-refractivity contribution < 1.29 is 4.79 Å². The standard InChI is InChI=1S/C18H25N5O/c1-20-11-12-23(18(20)24)14-7-9-22(10-8-14)13-17-19-15-5-3-4-6-16(15)21(17)2/h3-6,14H,7-13H2,1-2H3. The first-order valence-corrected chi connectivity index (χ1v) is 8.78. The molecule has 1 aromatic carbocycles. The monoisotopic (exact) mass is 327 g/mol. The van der Waals surface area contributed by atoms with E-state index < -0.39 is 0 Å². The van der Waals surface area contributed by atoms with Gasteiger partial charge in [-0.05, 0) is 25.0 Å². The summed E-state index contributed by atoms with van der Waals surface area (Å²) in [6.07, 6.45) is 2.12. The number of fused-ring (bicyclic) bond motifs is 1. The van der Waals surface area contributed by atoms with Crippen molar-refractivity contribution in [1.82, 2.24) is 24.3 Å². The number of amides is 2. The van der Waals surface area contributed by atoms with Gasteiger partial charge in [-0.2, -0.15) is 0 Å². The van der Waals surface area contributed by atoms with Crippen LogP contribution in [0.5, 0.6) is 0 Å². The van der Waals surface area contributed by atoms with Crippen molar-refractivity contribution in [1.29, 1.82) is 0 Å². The van der Waals surface area contributed by atoms with E-state index in [-0.39, 0.29) is 6.03 Å². The van der Waals surface area contributed by atoms with E-state index in [9.17, 15) is 4.79 Å². The third-order valence-electron chi connectivity index (χ3n) is 5.49. The highest BCUT2D eigenvalue weighted by molar-refractivity contribution is 5.76. The molecule has 2 aliphatic rings. The summed E-state index contributed by atoms with van der Waals surface area (Å²) in [5.74, 6) is 1.12. The smallest absolute Gasteiger partial charge is 0.320 e. The maximum Gasteiger partial charge on any atom is 0.320 e. The van der Waals surface area contributed by atoms with Crippen molar-refractivity contribution in [2.24, 2.45) is 7.05 Å². The molecular weight excluding hydrogens is 302 g/mol. The zero-order chi connectivity index (χ0) is 16.7. The zero-order valence-corrected chi connectivity index (χ0v) is 14.5. The fraction of sp³-hybridized carbons (Fsp3) is 0.556. The van der Waals surface area contributed by atoms with Gasteiger partial charge in [0.2, 0.25) is 0 Å². The van der Waals surface area contributed by atoms with E-state index in [0.717, 1.165) is 56.9 Å². The lowest BCUT2D eigenvalue weighted by Gasteiger charge is -2.36. The second kappa shape index (κ2) is 6.09. The number of urea groups is 1. The Morgan fingerprint density at radius 1 is 1.08 bits per heavy atom. The summed E-state index contributed by atoms with van der Waals surface area (Å²) in [7, 11) is 3.99. The molecule has 0 atom stereocenters. The molecule has 0 saturated carbocycles. The quantitative estimate of drug-likeness (QED) is 0.865. The van der Waals surface area contributed by atoms with Crippen molar-refractivity contribution in [3.8, 4) is 0 Å². The van der Waals surface area contributed by atoms with Gasteiger partial charge in [0, 0.05) is 46.3 Å². The number of likely N-dealkylation sites (tertiary alicyclic amines) is 1. The zero-order valence-electron chi connectivity index (χ0n) is 14.5. The molecule has 2 aromatic rings. The van der Waals surface area contributed by atoms with Crippen LogP contribution in [0.1, 0.15) is 18.7 Å². The van der Waals surface area contributed by atoms with E-state index >= 15 is 0 Å². The SMILES string of the molecule is CN1CCN(C2CCN(Cc3nc4ccccc4n3C)CC2)C1=O. The average molecular weight is 327 g/mol. The first kappa shape index (κ1) is 15.4. The van der Waals surface area contributed by atoms with Crippen molar-refractivity contribution in [2.75, 3.05) is 33.2 Å². The molecule has 2 fully saturated rings. The van der Waals surface area contributed by atoms with E-state index in [1.54, 1.807) is 0 Å². The summed E-state index contributed by atoms with van der Waals surface area (Å²) >= 11 is 0. The predicted octanol–water partition coefficient (Wildman–Crippen LogP) is 1.91. The van der Waals surface area contributed by atoms with Crippen LogP contribution in [0.15, 0.2) is 24.3 Å². The minimum absolute atomic E-state index is 0.198. The summed E-state index contributed by atoms with van der Waals surface area (Å²) in [5, 5.41) is 0. The topological polar surface area (TPSA) is 44.6 Å². The van der Waals surface area contributed by atoms with Gasteiger partial charge in [0.05, 0.1) is 17.6 Å². The Morgan fingerprint density at radius 2 is 1.83 bits per heavy atom. The molecule has 2 saturated heterocycles. The molecule has 6 heteroatoms. The van der Waals surface area contributed by atoms with Crippen LogP contribution in [0.2, 0.25) is 0 Å². The average Bonchev–Trinajstić information content (AvgIpc) is 3.10. The van der Waals surface area contributed by atoms with E-state index in [0.29, 0.717) is 6.04 Å². The van der Waals surface area contributed by atoms with Gasteiger partial charge >= 0.3 is 6.03 Å². The molecule has 0 unspecified atom stereocenters. The number of piperidine rings is 1. The van der Waals surface area contributed by atoms with Crippen molar-refractivity contribution >= 4 is 17.1 Å². The molecule has 0 aliphatic carbocycles. The van der Waals surface area contributed by atoms with Gasteiger partial charge in [-0.25, -0.2) is 9.78 Å². The van der Waals surface area contributed by atoms with E-state index in [4.69, 9.17) is 4.98 Å². The molecule has 2 amide bonds. The highest BCUT2D eigenvalue weighted by atomic mass is 16.2. The summed E-state index contributed by atoms with van der Waals surface area (Å²) in [6.45, 7) is 4.68. The van der Waals surface area contributed by atoms with Gasteiger partial charge < -0.3 is 14.4 Å². The van der Waals surface area contributed by atoms with E-state index in [2.05, 4.69) is 39.6 Å². The molecular formula is C18H25N5O. The molecule has 0 N–H and O–H groups in total. The molecule has 6 nitrogen and oxygen atoms in total. The number of hydrogen-bond donors (Lipinski definition) is 0. The second-order valence-electron chi connectivity index (χ2n) is 6.98. The maximum atomic E-state index is 12.1. The van der Waals surface area contributed by atoms with Gasteiger partial charge in [0.25, 0.3) is 0 Å². The summed E-state index contributed by atoms with van der Waals surface area (Å²) in [6, 6.07) is 8.88. The molecule has 4 rings (SSSR count). The van der Waals surface area contributed by atoms with Crippen LogP contribution in [0.3, 0.4) is 0 Å². The second-order valence-corrected chi connectivity index (χ2v) is 6.98. The van der Waals surface area contributed by atoms with Crippen LogP contribution in [0.25, 0.3) is 11.0 Å². The van der Waals surface area contributed by atoms with Crippen LogP contribution in [-0.4, -0.2) is 69.6 Å². The fourth-order valence-electron chi connectivity index (χ4n) is 3.93. The highest BCUT2D eigenvalue weighted by Crippen LogP contribution is 2.22. The van der Waals surface area contributed by atoms with Gasteiger partial charge in [-0.15, -0.1) is 0 Å². The van der Waals surface area contributed by atoms with Crippen LogP contribution in [-0.2, 0) is 13.6 Å². The normalized spacial score (nSPS) is 20.5. The molecule has 0 bridgehead atoms. The van der Waals surface area contributed by atoms with Crippen LogP contribution < -0.4 is 0 Å². The molecule has 3 heterocycles. The maximum absolute atomic E-state index is 12.1. The number of carbonyl (C=O) groups excluding carboxylic acids is 1. The van der Waals surface area contributed by atoms with Crippen molar-refractivity contribution in [2.45, 2.75) is 25.4 Å². The van der Waals surface area contributed by atoms with Crippen LogP contribution >= 0.6 is 0 Å². The third kappa shape index (κ3) is 2.65. The van der Waals surface area contributed by atoms with Crippen molar-refractivity contribution in [3.05, 3.63) is 30.1 Å². The number of imidazole rings is 1. The summed E-state index contributed by atoms with van der Waals surface area (Å²) < 4.78 is 2.19. The largest absolute Gasteiger partial charge is 0.330 e. The minimum atomic E-state index is 0.198. The molecule has 1 aromatic heterocycles. The Kier molecular flexibility index (Phi) is 3.92. The Morgan fingerprint density at radius 3 is 2.50 bits per heavy atom. The number of aromatic nitrogens is 2. The number of carbonyl (C=O) groups is 1. The van der Waals surface area contributed by atoms with E-state index in [1.165, 1.54) is 5.52 Å². The number of nitrogens with zero attached hydrogens (tertiary/aromatic N) is 5. The number of benzene rings is 1. The summed E-state index contributed by atoms with van der Waals surface area (Å²) in [4.78, 5) is 23.3. The van der Waals surface area contributed by atoms with Gasteiger partial charge in [-0.1, -0.05) is 12.1 Å². The Bertz CT molecular complexity index is 747. The molecule has 128 valence electrons. The first-order chi connectivity index (χ1) is 11.6. The lowest BCUT2D eigenvalue weighted by molar-refractivity contribution is 0.126. The van der Waals surface area contributed by atoms with Crippen molar-refractivity contribution in [3.63, 3.8) is 0 Å². The Labute approximate surface area is 142 Å². The number of aryl methyl sites for hydroxylation is 1.